The van der Waals surface area contributed by atoms with Crippen LogP contribution >= 0.6 is 0 Å². The molecule has 0 bridgehead atoms. The highest BCUT2D eigenvalue weighted by atomic mass is 16.2. The van der Waals surface area contributed by atoms with Crippen molar-refractivity contribution in [2.24, 2.45) is 0 Å². The molecule has 0 fully saturated rings. The van der Waals surface area contributed by atoms with E-state index in [4.69, 9.17) is 10.8 Å². The van der Waals surface area contributed by atoms with E-state index in [0.717, 1.165) is 11.1 Å². The first-order valence-corrected chi connectivity index (χ1v) is 11.0. The first kappa shape index (κ1) is 22.7. The lowest BCUT2D eigenvalue weighted by molar-refractivity contribution is 0.0955. The number of hydrogen-bond acceptors (Lipinski definition) is 7. The molecule has 10 nitrogen and oxygen atoms in total. The summed E-state index contributed by atoms with van der Waals surface area (Å²) in [5.41, 5.74) is 10.5. The molecule has 0 spiro atoms. The van der Waals surface area contributed by atoms with Crippen LogP contribution in [-0.2, 0) is 0 Å². The molecule has 0 radical (unpaired) electrons. The van der Waals surface area contributed by atoms with Crippen molar-refractivity contribution >= 4 is 34.5 Å². The summed E-state index contributed by atoms with van der Waals surface area (Å²) in [4.78, 5) is 37.7. The van der Waals surface area contributed by atoms with Crippen molar-refractivity contribution in [2.75, 3.05) is 11.1 Å². The van der Waals surface area contributed by atoms with Crippen LogP contribution in [0.1, 0.15) is 27.6 Å². The minimum atomic E-state index is -0.276. The summed E-state index contributed by atoms with van der Waals surface area (Å²) in [5, 5.41) is 8.10. The molecule has 5 rings (SSSR count). The number of rotatable bonds is 5. The summed E-state index contributed by atoms with van der Waals surface area (Å²) in [6.07, 6.45) is 6.30. The quantitative estimate of drug-likeness (QED) is 0.364. The van der Waals surface area contributed by atoms with Gasteiger partial charge < -0.3 is 11.1 Å². The minimum Gasteiger partial charge on any atom is -0.383 e. The predicted octanol–water partition coefficient (Wildman–Crippen LogP) is 4.04. The third kappa shape index (κ3) is 4.11. The van der Waals surface area contributed by atoms with Crippen molar-refractivity contribution < 1.29 is 9.59 Å². The Labute approximate surface area is 206 Å². The number of aromatic nitrogens is 6. The number of nitrogens with zero attached hydrogens (tertiary/aromatic N) is 6. The van der Waals surface area contributed by atoms with Crippen molar-refractivity contribution in [3.8, 4) is 16.9 Å². The molecule has 1 aromatic carbocycles. The number of carbonyl (C=O) groups excluding carboxylic acids is 2. The molecule has 4 heterocycles. The topological polar surface area (TPSA) is 134 Å². The molecule has 0 aliphatic heterocycles. The van der Waals surface area contributed by atoms with Gasteiger partial charge in [-0.2, -0.15) is 5.10 Å². The van der Waals surface area contributed by atoms with Crippen molar-refractivity contribution in [1.29, 1.82) is 0 Å². The molecule has 4 aromatic heterocycles. The molecular formula is C26H22N8O2. The molecule has 3 N–H and O–H groups in total. The highest BCUT2D eigenvalue weighted by Gasteiger charge is 2.19. The second-order valence-corrected chi connectivity index (χ2v) is 8.33. The van der Waals surface area contributed by atoms with E-state index in [1.54, 1.807) is 66.6 Å². The fourth-order valence-corrected chi connectivity index (χ4v) is 3.79. The van der Waals surface area contributed by atoms with Crippen molar-refractivity contribution in [3.63, 3.8) is 0 Å². The summed E-state index contributed by atoms with van der Waals surface area (Å²) >= 11 is 0. The van der Waals surface area contributed by atoms with Crippen LogP contribution in [0, 0.1) is 6.92 Å². The third-order valence-electron chi connectivity index (χ3n) is 5.59. The van der Waals surface area contributed by atoms with E-state index >= 15 is 0 Å². The Kier molecular flexibility index (Phi) is 5.61. The summed E-state index contributed by atoms with van der Waals surface area (Å²) in [5.74, 6) is 0.255. The molecular weight excluding hydrogens is 456 g/mol. The lowest BCUT2D eigenvalue weighted by Gasteiger charge is -2.06. The molecule has 0 saturated heterocycles. The molecule has 0 atom stereocenters. The van der Waals surface area contributed by atoms with Gasteiger partial charge in [0.05, 0.1) is 11.1 Å². The van der Waals surface area contributed by atoms with E-state index in [1.165, 1.54) is 10.9 Å². The number of fused-ring (bicyclic) bond motifs is 1. The maximum absolute atomic E-state index is 12.7. The van der Waals surface area contributed by atoms with Crippen LogP contribution in [0.15, 0.2) is 79.5 Å². The highest BCUT2D eigenvalue weighted by molar-refractivity contribution is 6.04. The van der Waals surface area contributed by atoms with Gasteiger partial charge in [0.15, 0.2) is 5.65 Å². The lowest BCUT2D eigenvalue weighted by Crippen LogP contribution is -2.12. The van der Waals surface area contributed by atoms with E-state index in [1.807, 2.05) is 13.0 Å². The Morgan fingerprint density at radius 3 is 2.56 bits per heavy atom. The second-order valence-electron chi connectivity index (χ2n) is 8.33. The normalized spacial score (nSPS) is 10.9. The van der Waals surface area contributed by atoms with Crippen LogP contribution in [0.3, 0.4) is 0 Å². The maximum Gasteiger partial charge on any atom is 0.256 e. The average molecular weight is 479 g/mol. The summed E-state index contributed by atoms with van der Waals surface area (Å²) in [6, 6.07) is 12.4. The number of benzene rings is 1. The first-order valence-electron chi connectivity index (χ1n) is 11.0. The molecule has 10 heteroatoms. The average Bonchev–Trinajstić information content (AvgIpc) is 3.49. The van der Waals surface area contributed by atoms with Gasteiger partial charge in [0.1, 0.15) is 23.7 Å². The molecule has 0 saturated carbocycles. The van der Waals surface area contributed by atoms with Crippen molar-refractivity contribution in [3.05, 3.63) is 90.7 Å². The van der Waals surface area contributed by atoms with E-state index in [2.05, 4.69) is 26.8 Å². The van der Waals surface area contributed by atoms with Gasteiger partial charge in [0.25, 0.3) is 11.8 Å². The van der Waals surface area contributed by atoms with Gasteiger partial charge in [-0.1, -0.05) is 18.7 Å². The Hall–Kier alpha value is -5.12. The second kappa shape index (κ2) is 8.91. The number of carbonyl (C=O) groups is 2. The summed E-state index contributed by atoms with van der Waals surface area (Å²) in [6.45, 7) is 7.28. The predicted molar refractivity (Wildman–Crippen MR) is 137 cm³/mol. The highest BCUT2D eigenvalue weighted by Crippen LogP contribution is 2.32. The third-order valence-corrected chi connectivity index (χ3v) is 5.59. The van der Waals surface area contributed by atoms with E-state index in [9.17, 15) is 9.59 Å². The number of nitrogens with two attached hydrogens (primary N) is 1. The molecule has 0 aliphatic rings. The number of amides is 1. The smallest absolute Gasteiger partial charge is 0.256 e. The van der Waals surface area contributed by atoms with Crippen LogP contribution in [0.4, 0.5) is 11.6 Å². The Morgan fingerprint density at radius 1 is 1.06 bits per heavy atom. The van der Waals surface area contributed by atoms with Crippen LogP contribution in [0.25, 0.3) is 28.0 Å². The lowest BCUT2D eigenvalue weighted by atomic mass is 10.1. The van der Waals surface area contributed by atoms with E-state index in [-0.39, 0.29) is 17.6 Å². The zero-order valence-corrected chi connectivity index (χ0v) is 19.6. The van der Waals surface area contributed by atoms with Crippen LogP contribution < -0.4 is 11.1 Å². The van der Waals surface area contributed by atoms with E-state index in [0.29, 0.717) is 39.4 Å². The Bertz CT molecular complexity index is 1650. The molecule has 178 valence electrons. The number of pyridine rings is 1. The SMILES string of the molecule is C=C(C)C(=O)n1ccc(-n2nc(-c3ccc(C(=O)Nc4cc(C)ccn4)cc3)c3c(N)ncnc32)c1. The molecule has 5 aromatic rings. The van der Waals surface area contributed by atoms with Crippen LogP contribution in [-0.4, -0.2) is 41.1 Å². The van der Waals surface area contributed by atoms with Gasteiger partial charge in [-0.15, -0.1) is 0 Å². The minimum absolute atomic E-state index is 0.221. The molecule has 1 amide bonds. The molecule has 0 aliphatic carbocycles. The summed E-state index contributed by atoms with van der Waals surface area (Å²) < 4.78 is 3.04. The largest absolute Gasteiger partial charge is 0.383 e. The number of allylic oxidation sites excluding steroid dienone is 1. The molecule has 0 unspecified atom stereocenters. The van der Waals surface area contributed by atoms with Crippen molar-refractivity contribution in [1.82, 2.24) is 29.3 Å². The number of hydrogen-bond donors (Lipinski definition) is 2. The Balaban J connectivity index is 1.51. The zero-order chi connectivity index (χ0) is 25.4. The van der Waals surface area contributed by atoms with Gasteiger partial charge in [0, 0.05) is 35.3 Å². The van der Waals surface area contributed by atoms with Gasteiger partial charge in [-0.05, 0) is 49.7 Å². The van der Waals surface area contributed by atoms with Gasteiger partial charge >= 0.3 is 0 Å². The molecule has 36 heavy (non-hydrogen) atoms. The van der Waals surface area contributed by atoms with Crippen LogP contribution in [0.5, 0.6) is 0 Å². The fraction of sp³-hybridized carbons (Fsp3) is 0.0769. The maximum atomic E-state index is 12.7. The number of nitrogens with one attached hydrogen (secondary N) is 1. The first-order chi connectivity index (χ1) is 17.3. The van der Waals surface area contributed by atoms with Gasteiger partial charge in [0.2, 0.25) is 0 Å². The van der Waals surface area contributed by atoms with Crippen molar-refractivity contribution in [2.45, 2.75) is 13.8 Å². The van der Waals surface area contributed by atoms with Gasteiger partial charge in [-0.3, -0.25) is 14.2 Å². The summed E-state index contributed by atoms with van der Waals surface area (Å²) in [7, 11) is 0. The number of aryl methyl sites for hydroxylation is 1. The Morgan fingerprint density at radius 2 is 1.83 bits per heavy atom. The van der Waals surface area contributed by atoms with Gasteiger partial charge in [-0.25, -0.2) is 19.6 Å². The van der Waals surface area contributed by atoms with E-state index < -0.39 is 0 Å². The monoisotopic (exact) mass is 478 g/mol. The fourth-order valence-electron chi connectivity index (χ4n) is 3.79. The number of anilines is 2. The number of nitrogen functional groups attached to an aromatic ring is 1. The standard InChI is InChI=1S/C26H22N8O2/c1-15(2)26(36)33-11-9-19(13-33)34-24-21(23(27)29-14-30-24)22(32-34)17-4-6-18(7-5-17)25(35)31-20-12-16(3)8-10-28-20/h4-14H,1H2,2-3H3,(H2,27,29,30)(H,28,31,35). The zero-order valence-electron chi connectivity index (χ0n) is 19.6. The van der Waals surface area contributed by atoms with Crippen LogP contribution in [0.2, 0.25) is 0 Å².